The van der Waals surface area contributed by atoms with E-state index in [-0.39, 0.29) is 5.82 Å². The van der Waals surface area contributed by atoms with Crippen LogP contribution in [0.1, 0.15) is 17.0 Å². The van der Waals surface area contributed by atoms with E-state index in [0.29, 0.717) is 5.92 Å². The number of halogens is 1. The van der Waals surface area contributed by atoms with Crippen molar-refractivity contribution in [2.24, 2.45) is 0 Å². The van der Waals surface area contributed by atoms with Crippen LogP contribution < -0.4 is 0 Å². The molecule has 1 heterocycles. The smallest absolute Gasteiger partial charge is 0.123 e. The monoisotopic (exact) mass is 309 g/mol. The van der Waals surface area contributed by atoms with Gasteiger partial charge in [-0.05, 0) is 47.5 Å². The molecule has 0 spiro atoms. The number of nitrogens with zero attached hydrogens (tertiary/aromatic N) is 1. The second-order valence-electron chi connectivity index (χ2n) is 5.01. The lowest BCUT2D eigenvalue weighted by atomic mass is 9.94. The van der Waals surface area contributed by atoms with Crippen molar-refractivity contribution in [3.05, 3.63) is 96.1 Å². The molecular weight excluding hydrogens is 293 g/mol. The minimum Gasteiger partial charge on any atom is -0.265 e. The molecule has 2 aromatic carbocycles. The average molecular weight is 309 g/mol. The van der Waals surface area contributed by atoms with Gasteiger partial charge in [0.25, 0.3) is 0 Å². The molecule has 0 saturated carbocycles. The van der Waals surface area contributed by atoms with E-state index >= 15 is 0 Å². The Morgan fingerprint density at radius 2 is 1.45 bits per heavy atom. The van der Waals surface area contributed by atoms with E-state index in [1.165, 1.54) is 23.3 Å². The van der Waals surface area contributed by atoms with Crippen molar-refractivity contribution in [1.82, 2.24) is 4.98 Å². The number of thioether (sulfide) groups is 1. The highest BCUT2D eigenvalue weighted by atomic mass is 32.2. The molecular formula is C19H16FNS. The maximum absolute atomic E-state index is 13.0. The third kappa shape index (κ3) is 3.74. The van der Waals surface area contributed by atoms with E-state index in [4.69, 9.17) is 0 Å². The minimum absolute atomic E-state index is 0.196. The van der Waals surface area contributed by atoms with Crippen molar-refractivity contribution < 1.29 is 4.39 Å². The molecule has 0 saturated heterocycles. The number of hydrogen-bond donors (Lipinski definition) is 0. The number of benzene rings is 2. The Morgan fingerprint density at radius 3 is 2.14 bits per heavy atom. The molecule has 0 bridgehead atoms. The molecule has 3 aromatic rings. The van der Waals surface area contributed by atoms with Crippen LogP contribution in [0.4, 0.5) is 4.39 Å². The molecule has 0 amide bonds. The standard InChI is InChI=1S/C19H16FNS/c20-17-6-8-18(9-7-17)22-14-19(15-4-2-1-3-5-15)16-10-12-21-13-11-16/h1-13,19H,14H2. The van der Waals surface area contributed by atoms with E-state index in [1.807, 2.05) is 30.6 Å². The van der Waals surface area contributed by atoms with Crippen molar-refractivity contribution in [2.75, 3.05) is 5.75 Å². The summed E-state index contributed by atoms with van der Waals surface area (Å²) in [7, 11) is 0. The van der Waals surface area contributed by atoms with E-state index in [0.717, 1.165) is 10.6 Å². The van der Waals surface area contributed by atoms with Gasteiger partial charge in [-0.15, -0.1) is 11.8 Å². The van der Waals surface area contributed by atoms with Gasteiger partial charge in [-0.2, -0.15) is 0 Å². The van der Waals surface area contributed by atoms with Crippen LogP contribution in [0.15, 0.2) is 84.0 Å². The Balaban J connectivity index is 1.81. The fourth-order valence-corrected chi connectivity index (χ4v) is 3.45. The van der Waals surface area contributed by atoms with Crippen LogP contribution in [0.3, 0.4) is 0 Å². The van der Waals surface area contributed by atoms with Gasteiger partial charge in [0.1, 0.15) is 5.82 Å². The summed E-state index contributed by atoms with van der Waals surface area (Å²) in [5.41, 5.74) is 2.53. The van der Waals surface area contributed by atoms with Gasteiger partial charge in [-0.1, -0.05) is 30.3 Å². The van der Waals surface area contributed by atoms with Gasteiger partial charge in [0.05, 0.1) is 0 Å². The van der Waals surface area contributed by atoms with E-state index in [2.05, 4.69) is 41.4 Å². The molecule has 1 aromatic heterocycles. The number of aromatic nitrogens is 1. The highest BCUT2D eigenvalue weighted by Crippen LogP contribution is 2.31. The fourth-order valence-electron chi connectivity index (χ4n) is 2.38. The highest BCUT2D eigenvalue weighted by molar-refractivity contribution is 7.99. The Kier molecular flexibility index (Phi) is 4.86. The zero-order chi connectivity index (χ0) is 15.2. The lowest BCUT2D eigenvalue weighted by Crippen LogP contribution is -2.04. The fraction of sp³-hybridized carbons (Fsp3) is 0.105. The molecule has 0 N–H and O–H groups in total. The maximum Gasteiger partial charge on any atom is 0.123 e. The predicted octanol–water partition coefficient (Wildman–Crippen LogP) is 5.14. The van der Waals surface area contributed by atoms with E-state index in [9.17, 15) is 4.39 Å². The third-order valence-electron chi connectivity index (χ3n) is 3.54. The number of pyridine rings is 1. The molecule has 0 radical (unpaired) electrons. The van der Waals surface area contributed by atoms with Gasteiger partial charge >= 0.3 is 0 Å². The molecule has 0 fully saturated rings. The van der Waals surface area contributed by atoms with Gasteiger partial charge in [-0.25, -0.2) is 4.39 Å². The summed E-state index contributed by atoms with van der Waals surface area (Å²) in [6.07, 6.45) is 3.65. The lowest BCUT2D eigenvalue weighted by Gasteiger charge is -2.17. The Bertz CT molecular complexity index is 659. The molecule has 1 atom stereocenters. The lowest BCUT2D eigenvalue weighted by molar-refractivity contribution is 0.626. The summed E-state index contributed by atoms with van der Waals surface area (Å²) in [5, 5.41) is 0. The van der Waals surface area contributed by atoms with Crippen LogP contribution in [0, 0.1) is 5.82 Å². The molecule has 0 aliphatic carbocycles. The van der Waals surface area contributed by atoms with Crippen molar-refractivity contribution in [3.63, 3.8) is 0 Å². The SMILES string of the molecule is Fc1ccc(SCC(c2ccccc2)c2ccncc2)cc1. The first-order chi connectivity index (χ1) is 10.8. The maximum atomic E-state index is 13.0. The average Bonchev–Trinajstić information content (AvgIpc) is 2.59. The Hall–Kier alpha value is -2.13. The van der Waals surface area contributed by atoms with E-state index < -0.39 is 0 Å². The molecule has 22 heavy (non-hydrogen) atoms. The molecule has 0 aliphatic rings. The van der Waals surface area contributed by atoms with Gasteiger partial charge in [0, 0.05) is 29.0 Å². The van der Waals surface area contributed by atoms with Crippen molar-refractivity contribution >= 4 is 11.8 Å². The summed E-state index contributed by atoms with van der Waals surface area (Å²) < 4.78 is 13.0. The third-order valence-corrected chi connectivity index (χ3v) is 4.65. The zero-order valence-electron chi connectivity index (χ0n) is 12.0. The zero-order valence-corrected chi connectivity index (χ0v) is 12.8. The van der Waals surface area contributed by atoms with Crippen LogP contribution in [0.25, 0.3) is 0 Å². The topological polar surface area (TPSA) is 12.9 Å². The quantitative estimate of drug-likeness (QED) is 0.605. The second-order valence-corrected chi connectivity index (χ2v) is 6.10. The van der Waals surface area contributed by atoms with Crippen molar-refractivity contribution in [1.29, 1.82) is 0 Å². The van der Waals surface area contributed by atoms with E-state index in [1.54, 1.807) is 11.8 Å². The van der Waals surface area contributed by atoms with Crippen LogP contribution >= 0.6 is 11.8 Å². The summed E-state index contributed by atoms with van der Waals surface area (Å²) in [5.74, 6) is 0.997. The summed E-state index contributed by atoms with van der Waals surface area (Å²) in [6, 6.07) is 21.2. The predicted molar refractivity (Wildman–Crippen MR) is 89.6 cm³/mol. The first-order valence-corrected chi connectivity index (χ1v) is 8.15. The van der Waals surface area contributed by atoms with Crippen LogP contribution in [-0.4, -0.2) is 10.7 Å². The molecule has 1 nitrogen and oxygen atoms in total. The van der Waals surface area contributed by atoms with Gasteiger partial charge < -0.3 is 0 Å². The summed E-state index contributed by atoms with van der Waals surface area (Å²) >= 11 is 1.74. The van der Waals surface area contributed by atoms with Crippen LogP contribution in [0.2, 0.25) is 0 Å². The van der Waals surface area contributed by atoms with Crippen molar-refractivity contribution in [2.45, 2.75) is 10.8 Å². The van der Waals surface area contributed by atoms with Crippen LogP contribution in [-0.2, 0) is 0 Å². The summed E-state index contributed by atoms with van der Waals surface area (Å²) in [4.78, 5) is 5.18. The normalized spacial score (nSPS) is 12.0. The highest BCUT2D eigenvalue weighted by Gasteiger charge is 2.14. The first-order valence-electron chi connectivity index (χ1n) is 7.16. The van der Waals surface area contributed by atoms with Gasteiger partial charge in [0.15, 0.2) is 0 Å². The Labute approximate surface area is 134 Å². The molecule has 3 rings (SSSR count). The Morgan fingerprint density at radius 1 is 0.818 bits per heavy atom. The van der Waals surface area contributed by atoms with Gasteiger partial charge in [-0.3, -0.25) is 4.98 Å². The second kappa shape index (κ2) is 7.23. The van der Waals surface area contributed by atoms with Gasteiger partial charge in [0.2, 0.25) is 0 Å². The molecule has 1 unspecified atom stereocenters. The number of hydrogen-bond acceptors (Lipinski definition) is 2. The molecule has 110 valence electrons. The van der Waals surface area contributed by atoms with Crippen molar-refractivity contribution in [3.8, 4) is 0 Å². The minimum atomic E-state index is -0.196. The summed E-state index contributed by atoms with van der Waals surface area (Å²) in [6.45, 7) is 0. The molecule has 3 heteroatoms. The number of rotatable bonds is 5. The molecule has 0 aliphatic heterocycles. The van der Waals surface area contributed by atoms with Crippen LogP contribution in [0.5, 0.6) is 0 Å². The first kappa shape index (κ1) is 14.8. The largest absolute Gasteiger partial charge is 0.265 e.